The largest absolute Gasteiger partial charge is 0.371 e. The van der Waals surface area contributed by atoms with Crippen LogP contribution in [0.15, 0.2) is 18.2 Å². The van der Waals surface area contributed by atoms with Crippen molar-refractivity contribution in [3.63, 3.8) is 0 Å². The molecule has 0 amide bonds. The van der Waals surface area contributed by atoms with Crippen LogP contribution in [0.1, 0.15) is 36.1 Å². The lowest BCUT2D eigenvalue weighted by molar-refractivity contribution is -0.0600. The summed E-state index contributed by atoms with van der Waals surface area (Å²) in [6.07, 6.45) is 0.605. The molecule has 0 radical (unpaired) electrons. The van der Waals surface area contributed by atoms with Crippen molar-refractivity contribution in [1.82, 2.24) is 4.90 Å². The number of hydrogen-bond acceptors (Lipinski definition) is 4. The average Bonchev–Trinajstić information content (AvgIpc) is 2.42. The summed E-state index contributed by atoms with van der Waals surface area (Å²) in [6.45, 7) is 8.46. The number of sulfonamides is 1. The summed E-state index contributed by atoms with van der Waals surface area (Å²) in [5, 5.41) is 5.07. The predicted octanol–water partition coefficient (Wildman–Crippen LogP) is 1.74. The molecule has 1 aliphatic rings. The summed E-state index contributed by atoms with van der Waals surface area (Å²) in [5.74, 6) is 0.0330. The molecule has 5 nitrogen and oxygen atoms in total. The van der Waals surface area contributed by atoms with Crippen LogP contribution in [0.3, 0.4) is 0 Å². The number of ether oxygens (including phenoxy) is 1. The topological polar surface area (TPSA) is 72.6 Å². The fourth-order valence-electron chi connectivity index (χ4n) is 2.88. The van der Waals surface area contributed by atoms with Crippen LogP contribution in [0.4, 0.5) is 0 Å². The minimum Gasteiger partial charge on any atom is -0.371 e. The van der Waals surface area contributed by atoms with Crippen LogP contribution in [0.25, 0.3) is 0 Å². The Labute approximate surface area is 133 Å². The van der Waals surface area contributed by atoms with Gasteiger partial charge in [-0.05, 0) is 44.9 Å². The number of nitrogens with zero attached hydrogens (tertiary/aromatic N) is 1. The highest BCUT2D eigenvalue weighted by Gasteiger charge is 2.27. The maximum Gasteiger partial charge on any atom is 0.209 e. The smallest absolute Gasteiger partial charge is 0.209 e. The first-order valence-electron chi connectivity index (χ1n) is 7.69. The zero-order chi connectivity index (χ0) is 16.3. The average molecular weight is 326 g/mol. The molecule has 2 rings (SSSR count). The molecule has 0 spiro atoms. The van der Waals surface area contributed by atoms with Gasteiger partial charge in [0.2, 0.25) is 10.0 Å². The Morgan fingerprint density at radius 3 is 2.77 bits per heavy atom. The van der Waals surface area contributed by atoms with Gasteiger partial charge in [0.25, 0.3) is 0 Å². The van der Waals surface area contributed by atoms with E-state index >= 15 is 0 Å². The Morgan fingerprint density at radius 1 is 1.36 bits per heavy atom. The Bertz CT molecular complexity index is 616. The van der Waals surface area contributed by atoms with Crippen LogP contribution in [0.2, 0.25) is 0 Å². The van der Waals surface area contributed by atoms with Crippen molar-refractivity contribution in [2.75, 3.05) is 25.4 Å². The van der Waals surface area contributed by atoms with E-state index < -0.39 is 10.0 Å². The molecule has 1 aliphatic heterocycles. The van der Waals surface area contributed by atoms with Crippen molar-refractivity contribution in [2.24, 2.45) is 5.14 Å². The number of primary sulfonamides is 1. The van der Waals surface area contributed by atoms with E-state index in [0.29, 0.717) is 19.1 Å². The minimum absolute atomic E-state index is 0.0330. The number of morpholine rings is 1. The van der Waals surface area contributed by atoms with Gasteiger partial charge in [0, 0.05) is 12.6 Å². The molecule has 2 atom stereocenters. The normalized spacial score (nSPS) is 23.6. The summed E-state index contributed by atoms with van der Waals surface area (Å²) < 4.78 is 28.1. The lowest BCUT2D eigenvalue weighted by atomic mass is 9.99. The van der Waals surface area contributed by atoms with Gasteiger partial charge in [-0.15, -0.1) is 0 Å². The fourth-order valence-corrected chi connectivity index (χ4v) is 3.41. The van der Waals surface area contributed by atoms with E-state index in [9.17, 15) is 8.42 Å². The molecule has 0 aromatic heterocycles. The summed E-state index contributed by atoms with van der Waals surface area (Å²) in [4.78, 5) is 2.29. The molecule has 22 heavy (non-hydrogen) atoms. The number of aryl methyl sites for hydroxylation is 2. The van der Waals surface area contributed by atoms with Gasteiger partial charge in [0.1, 0.15) is 0 Å². The quantitative estimate of drug-likeness (QED) is 0.894. The predicted molar refractivity (Wildman–Crippen MR) is 88.2 cm³/mol. The lowest BCUT2D eigenvalue weighted by Gasteiger charge is -2.38. The summed E-state index contributed by atoms with van der Waals surface area (Å²) in [5.41, 5.74) is 3.68. The van der Waals surface area contributed by atoms with Gasteiger partial charge in [-0.25, -0.2) is 13.6 Å². The maximum atomic E-state index is 11.1. The van der Waals surface area contributed by atoms with E-state index in [1.54, 1.807) is 0 Å². The van der Waals surface area contributed by atoms with E-state index in [0.717, 1.165) is 13.1 Å². The van der Waals surface area contributed by atoms with Gasteiger partial charge < -0.3 is 4.74 Å². The number of benzene rings is 1. The second-order valence-corrected chi connectivity index (χ2v) is 7.98. The van der Waals surface area contributed by atoms with Crippen LogP contribution >= 0.6 is 0 Å². The standard InChI is InChI=1S/C16H26N2O3S/c1-12-5-6-13(2)15(9-12)16-10-18(14(3)11-21-16)7-4-8-22(17,19)20/h5-6,9,14,16H,4,7-8,10-11H2,1-3H3,(H2,17,19,20)/t14-,16+/m0/s1. The highest BCUT2D eigenvalue weighted by molar-refractivity contribution is 7.89. The Morgan fingerprint density at radius 2 is 2.09 bits per heavy atom. The molecule has 0 unspecified atom stereocenters. The third kappa shape index (κ3) is 4.78. The van der Waals surface area contributed by atoms with Crippen molar-refractivity contribution in [3.05, 3.63) is 34.9 Å². The first-order chi connectivity index (χ1) is 10.3. The van der Waals surface area contributed by atoms with Crippen LogP contribution in [-0.4, -0.2) is 44.8 Å². The molecular formula is C16H26N2O3S. The first-order valence-corrected chi connectivity index (χ1v) is 9.41. The Hall–Kier alpha value is -0.950. The first kappa shape index (κ1) is 17.4. The highest BCUT2D eigenvalue weighted by Crippen LogP contribution is 2.28. The Kier molecular flexibility index (Phi) is 5.60. The van der Waals surface area contributed by atoms with Crippen LogP contribution < -0.4 is 5.14 Å². The third-order valence-corrected chi connectivity index (χ3v) is 5.08. The lowest BCUT2D eigenvalue weighted by Crippen LogP contribution is -2.45. The van der Waals surface area contributed by atoms with Crippen LogP contribution in [0, 0.1) is 13.8 Å². The fraction of sp³-hybridized carbons (Fsp3) is 0.625. The van der Waals surface area contributed by atoms with Crippen molar-refractivity contribution in [1.29, 1.82) is 0 Å². The molecule has 0 bridgehead atoms. The van der Waals surface area contributed by atoms with Crippen LogP contribution in [0.5, 0.6) is 0 Å². The second-order valence-electron chi connectivity index (χ2n) is 6.25. The van der Waals surface area contributed by atoms with Crippen molar-refractivity contribution >= 4 is 10.0 Å². The molecule has 1 aromatic carbocycles. The van der Waals surface area contributed by atoms with Crippen molar-refractivity contribution in [3.8, 4) is 0 Å². The molecule has 1 aromatic rings. The second kappa shape index (κ2) is 7.08. The van der Waals surface area contributed by atoms with Gasteiger partial charge in [0.15, 0.2) is 0 Å². The van der Waals surface area contributed by atoms with Gasteiger partial charge >= 0.3 is 0 Å². The summed E-state index contributed by atoms with van der Waals surface area (Å²) >= 11 is 0. The molecule has 0 aliphatic carbocycles. The van der Waals surface area contributed by atoms with E-state index in [2.05, 4.69) is 43.9 Å². The molecule has 124 valence electrons. The van der Waals surface area contributed by atoms with Crippen molar-refractivity contribution in [2.45, 2.75) is 39.3 Å². The van der Waals surface area contributed by atoms with Gasteiger partial charge in [-0.2, -0.15) is 0 Å². The Balaban J connectivity index is 2.02. The highest BCUT2D eigenvalue weighted by atomic mass is 32.2. The maximum absolute atomic E-state index is 11.1. The van der Waals surface area contributed by atoms with E-state index in [1.165, 1.54) is 16.7 Å². The van der Waals surface area contributed by atoms with E-state index in [-0.39, 0.29) is 11.9 Å². The SMILES string of the molecule is Cc1ccc(C)c([C@H]2CN(CCCS(N)(=O)=O)[C@@H](C)CO2)c1. The molecule has 1 heterocycles. The van der Waals surface area contributed by atoms with Gasteiger partial charge in [0.05, 0.1) is 18.5 Å². The minimum atomic E-state index is -3.38. The van der Waals surface area contributed by atoms with Gasteiger partial charge in [-0.3, -0.25) is 4.90 Å². The molecular weight excluding hydrogens is 300 g/mol. The zero-order valence-corrected chi connectivity index (χ0v) is 14.4. The number of nitrogens with two attached hydrogens (primary N) is 1. The van der Waals surface area contributed by atoms with Gasteiger partial charge in [-0.1, -0.05) is 23.8 Å². The van der Waals surface area contributed by atoms with Crippen LogP contribution in [-0.2, 0) is 14.8 Å². The molecule has 6 heteroatoms. The summed E-state index contributed by atoms with van der Waals surface area (Å²) in [6, 6.07) is 6.70. The number of rotatable bonds is 5. The monoisotopic (exact) mass is 326 g/mol. The zero-order valence-electron chi connectivity index (χ0n) is 13.6. The van der Waals surface area contributed by atoms with Crippen molar-refractivity contribution < 1.29 is 13.2 Å². The molecule has 2 N–H and O–H groups in total. The number of hydrogen-bond donors (Lipinski definition) is 1. The molecule has 1 saturated heterocycles. The summed E-state index contributed by atoms with van der Waals surface area (Å²) in [7, 11) is -3.38. The van der Waals surface area contributed by atoms with E-state index in [1.807, 2.05) is 0 Å². The molecule has 0 saturated carbocycles. The third-order valence-electron chi connectivity index (χ3n) is 4.22. The molecule has 1 fully saturated rings. The van der Waals surface area contributed by atoms with E-state index in [4.69, 9.17) is 9.88 Å².